The molecule has 5 nitrogen and oxygen atoms in total. The summed E-state index contributed by atoms with van der Waals surface area (Å²) in [5.74, 6) is 1.41. The van der Waals surface area contributed by atoms with Crippen LogP contribution in [0.3, 0.4) is 0 Å². The number of thioether (sulfide) groups is 1. The molecular formula is C18H20N2O3S3. The standard InChI is InChI=1S/C18H20N2O3S3/c1-12-4-3-5-13(10-12)17(26(19,21)22)8-9-24-18-20-15-7-6-14(23-2)11-16(15)25-18/h3-7,10-11,17H,8-9H2,1-2H3,(H2,19,21,22). The van der Waals surface area contributed by atoms with Crippen LogP contribution >= 0.6 is 23.1 Å². The van der Waals surface area contributed by atoms with Crippen molar-refractivity contribution in [2.24, 2.45) is 5.14 Å². The molecule has 2 aromatic carbocycles. The number of hydrogen-bond donors (Lipinski definition) is 1. The van der Waals surface area contributed by atoms with Crippen molar-refractivity contribution in [3.05, 3.63) is 53.6 Å². The fourth-order valence-electron chi connectivity index (χ4n) is 2.72. The van der Waals surface area contributed by atoms with Gasteiger partial charge in [-0.2, -0.15) is 0 Å². The van der Waals surface area contributed by atoms with Crippen LogP contribution in [-0.4, -0.2) is 26.3 Å². The number of benzene rings is 2. The van der Waals surface area contributed by atoms with E-state index < -0.39 is 15.3 Å². The molecule has 1 atom stereocenters. The lowest BCUT2D eigenvalue weighted by Crippen LogP contribution is -2.22. The van der Waals surface area contributed by atoms with Gasteiger partial charge < -0.3 is 4.74 Å². The molecule has 3 rings (SSSR count). The van der Waals surface area contributed by atoms with Crippen molar-refractivity contribution in [1.82, 2.24) is 4.98 Å². The highest BCUT2D eigenvalue weighted by Gasteiger charge is 2.23. The fraction of sp³-hybridized carbons (Fsp3) is 0.278. The third kappa shape index (κ3) is 4.56. The van der Waals surface area contributed by atoms with Crippen LogP contribution in [0.4, 0.5) is 0 Å². The molecule has 0 amide bonds. The maximum absolute atomic E-state index is 12.0. The van der Waals surface area contributed by atoms with Gasteiger partial charge in [0.2, 0.25) is 10.0 Å². The minimum Gasteiger partial charge on any atom is -0.497 e. The predicted molar refractivity (Wildman–Crippen MR) is 109 cm³/mol. The minimum absolute atomic E-state index is 0.437. The molecule has 1 unspecified atom stereocenters. The highest BCUT2D eigenvalue weighted by Crippen LogP contribution is 2.34. The third-order valence-electron chi connectivity index (χ3n) is 3.99. The highest BCUT2D eigenvalue weighted by atomic mass is 32.2. The fourth-order valence-corrected chi connectivity index (χ4v) is 6.01. The molecule has 3 aromatic rings. The van der Waals surface area contributed by atoms with Crippen LogP contribution in [-0.2, 0) is 10.0 Å². The molecule has 138 valence electrons. The lowest BCUT2D eigenvalue weighted by atomic mass is 10.1. The maximum atomic E-state index is 12.0. The van der Waals surface area contributed by atoms with Gasteiger partial charge in [-0.25, -0.2) is 18.5 Å². The summed E-state index contributed by atoms with van der Waals surface area (Å²) in [5.41, 5.74) is 2.67. The number of hydrogen-bond acceptors (Lipinski definition) is 6. The second-order valence-corrected chi connectivity index (χ2v) is 10.1. The molecule has 0 aliphatic rings. The Bertz CT molecular complexity index is 1020. The van der Waals surface area contributed by atoms with E-state index in [4.69, 9.17) is 9.88 Å². The number of thiazole rings is 1. The Kier molecular flexibility index (Phi) is 5.86. The van der Waals surface area contributed by atoms with E-state index >= 15 is 0 Å². The van der Waals surface area contributed by atoms with E-state index in [0.717, 1.165) is 31.4 Å². The Balaban J connectivity index is 1.72. The van der Waals surface area contributed by atoms with Gasteiger partial charge in [0, 0.05) is 5.75 Å². The van der Waals surface area contributed by atoms with Crippen LogP contribution in [0, 0.1) is 6.92 Å². The lowest BCUT2D eigenvalue weighted by molar-refractivity contribution is 0.415. The van der Waals surface area contributed by atoms with Crippen LogP contribution in [0.15, 0.2) is 46.8 Å². The van der Waals surface area contributed by atoms with Gasteiger partial charge in [-0.05, 0) is 37.1 Å². The van der Waals surface area contributed by atoms with Crippen molar-refractivity contribution >= 4 is 43.3 Å². The van der Waals surface area contributed by atoms with E-state index in [1.807, 2.05) is 49.4 Å². The van der Waals surface area contributed by atoms with Gasteiger partial charge in [0.15, 0.2) is 4.34 Å². The average Bonchev–Trinajstić information content (AvgIpc) is 2.99. The lowest BCUT2D eigenvalue weighted by Gasteiger charge is -2.15. The molecular weight excluding hydrogens is 388 g/mol. The number of sulfonamides is 1. The second-order valence-electron chi connectivity index (χ2n) is 5.94. The van der Waals surface area contributed by atoms with Crippen LogP contribution in [0.2, 0.25) is 0 Å². The normalized spacial score (nSPS) is 13.0. The Morgan fingerprint density at radius 1 is 1.27 bits per heavy atom. The Hall–Kier alpha value is -1.61. The number of nitrogens with zero attached hydrogens (tertiary/aromatic N) is 1. The first kappa shape index (κ1) is 19.2. The van der Waals surface area contributed by atoms with Gasteiger partial charge in [0.1, 0.15) is 11.0 Å². The van der Waals surface area contributed by atoms with Gasteiger partial charge >= 0.3 is 0 Å². The predicted octanol–water partition coefficient (Wildman–Crippen LogP) is 4.13. The summed E-state index contributed by atoms with van der Waals surface area (Å²) in [6, 6.07) is 13.3. The Labute approximate surface area is 161 Å². The van der Waals surface area contributed by atoms with Crippen molar-refractivity contribution in [2.45, 2.75) is 22.9 Å². The molecule has 0 saturated heterocycles. The SMILES string of the molecule is COc1ccc2nc(SCCC(c3cccc(C)c3)S(N)(=O)=O)sc2c1. The first-order valence-corrected chi connectivity index (χ1v) is 11.4. The molecule has 0 aliphatic heterocycles. The molecule has 0 fully saturated rings. The first-order valence-electron chi connectivity index (χ1n) is 8.02. The summed E-state index contributed by atoms with van der Waals surface area (Å²) in [5, 5.41) is 4.77. The summed E-state index contributed by atoms with van der Waals surface area (Å²) in [7, 11) is -2.03. The first-order chi connectivity index (χ1) is 12.4. The summed E-state index contributed by atoms with van der Waals surface area (Å²) in [6.07, 6.45) is 0.437. The van der Waals surface area contributed by atoms with E-state index in [9.17, 15) is 8.42 Å². The third-order valence-corrected chi connectivity index (χ3v) is 7.49. The van der Waals surface area contributed by atoms with Gasteiger partial charge in [0.05, 0.1) is 17.3 Å². The number of methoxy groups -OCH3 is 1. The Morgan fingerprint density at radius 2 is 2.08 bits per heavy atom. The minimum atomic E-state index is -3.67. The number of fused-ring (bicyclic) bond motifs is 1. The smallest absolute Gasteiger partial charge is 0.216 e. The molecule has 1 aromatic heterocycles. The molecule has 0 bridgehead atoms. The van der Waals surface area contributed by atoms with Crippen molar-refractivity contribution in [1.29, 1.82) is 0 Å². The van der Waals surface area contributed by atoms with Crippen molar-refractivity contribution in [3.8, 4) is 5.75 Å². The number of aryl methyl sites for hydroxylation is 1. The molecule has 2 N–H and O–H groups in total. The van der Waals surface area contributed by atoms with Crippen LogP contribution in [0.5, 0.6) is 5.75 Å². The molecule has 0 aliphatic carbocycles. The maximum Gasteiger partial charge on any atom is 0.216 e. The largest absolute Gasteiger partial charge is 0.497 e. The Morgan fingerprint density at radius 3 is 2.77 bits per heavy atom. The van der Waals surface area contributed by atoms with E-state index in [1.165, 1.54) is 0 Å². The van der Waals surface area contributed by atoms with Crippen LogP contribution < -0.4 is 9.88 Å². The van der Waals surface area contributed by atoms with Gasteiger partial charge in [-0.3, -0.25) is 0 Å². The molecule has 1 heterocycles. The zero-order chi connectivity index (χ0) is 18.7. The number of rotatable bonds is 7. The average molecular weight is 409 g/mol. The van der Waals surface area contributed by atoms with Gasteiger partial charge in [0.25, 0.3) is 0 Å². The topological polar surface area (TPSA) is 82.3 Å². The molecule has 0 radical (unpaired) electrons. The van der Waals surface area contributed by atoms with Crippen molar-refractivity contribution in [3.63, 3.8) is 0 Å². The zero-order valence-electron chi connectivity index (χ0n) is 14.5. The van der Waals surface area contributed by atoms with Crippen LogP contribution in [0.25, 0.3) is 10.2 Å². The van der Waals surface area contributed by atoms with E-state index in [2.05, 4.69) is 4.98 Å². The highest BCUT2D eigenvalue weighted by molar-refractivity contribution is 8.01. The summed E-state index contributed by atoms with van der Waals surface area (Å²) in [4.78, 5) is 4.58. The number of nitrogens with two attached hydrogens (primary N) is 1. The number of ether oxygens (including phenoxy) is 1. The van der Waals surface area contributed by atoms with Crippen molar-refractivity contribution in [2.75, 3.05) is 12.9 Å². The summed E-state index contributed by atoms with van der Waals surface area (Å²) in [6.45, 7) is 1.94. The number of aromatic nitrogens is 1. The summed E-state index contributed by atoms with van der Waals surface area (Å²) >= 11 is 3.12. The molecule has 26 heavy (non-hydrogen) atoms. The van der Waals surface area contributed by atoms with Crippen molar-refractivity contribution < 1.29 is 13.2 Å². The van der Waals surface area contributed by atoms with E-state index in [-0.39, 0.29) is 0 Å². The number of primary sulfonamides is 1. The molecule has 8 heteroatoms. The molecule has 0 saturated carbocycles. The zero-order valence-corrected chi connectivity index (χ0v) is 17.0. The monoisotopic (exact) mass is 408 g/mol. The van der Waals surface area contributed by atoms with E-state index in [0.29, 0.717) is 12.2 Å². The second kappa shape index (κ2) is 7.96. The van der Waals surface area contributed by atoms with E-state index in [1.54, 1.807) is 30.2 Å². The quantitative estimate of drug-likeness (QED) is 0.595. The van der Waals surface area contributed by atoms with Gasteiger partial charge in [-0.1, -0.05) is 41.6 Å². The van der Waals surface area contributed by atoms with Gasteiger partial charge in [-0.15, -0.1) is 11.3 Å². The van der Waals surface area contributed by atoms with Crippen LogP contribution in [0.1, 0.15) is 22.8 Å². The molecule has 0 spiro atoms. The summed E-state index contributed by atoms with van der Waals surface area (Å²) < 4.78 is 31.3.